The van der Waals surface area contributed by atoms with E-state index in [1.807, 2.05) is 171 Å². The van der Waals surface area contributed by atoms with Gasteiger partial charge in [-0.1, -0.05) is 230 Å². The van der Waals surface area contributed by atoms with E-state index >= 15 is 0 Å². The van der Waals surface area contributed by atoms with E-state index in [4.69, 9.17) is 48.0 Å². The first-order valence-electron chi connectivity index (χ1n) is 41.4. The van der Waals surface area contributed by atoms with Crippen LogP contribution >= 0.6 is 0 Å². The van der Waals surface area contributed by atoms with Crippen LogP contribution in [0.25, 0.3) is 0 Å². The van der Waals surface area contributed by atoms with Gasteiger partial charge in [-0.15, -0.1) is 0 Å². The van der Waals surface area contributed by atoms with E-state index < -0.39 is 6.04 Å². The lowest BCUT2D eigenvalue weighted by Crippen LogP contribution is -2.16. The summed E-state index contributed by atoms with van der Waals surface area (Å²) < 4.78 is 33.4. The molecule has 0 spiro atoms. The lowest BCUT2D eigenvalue weighted by molar-refractivity contribution is -0.505. The van der Waals surface area contributed by atoms with Crippen LogP contribution in [0.3, 0.4) is 0 Å². The summed E-state index contributed by atoms with van der Waals surface area (Å²) in [7, 11) is 4.26. The third-order valence-corrected chi connectivity index (χ3v) is 16.9. The highest BCUT2D eigenvalue weighted by molar-refractivity contribution is 5.95. The monoisotopic (exact) mass is 1680 g/mol. The molecule has 7 unspecified atom stereocenters. The normalized spacial score (nSPS) is 13.7. The predicted molar refractivity (Wildman–Crippen MR) is 472 cm³/mol. The van der Waals surface area contributed by atoms with Gasteiger partial charge >= 0.3 is 54.1 Å². The molecule has 1 aromatic rings. The van der Waals surface area contributed by atoms with Crippen molar-refractivity contribution >= 4 is 65.7 Å². The highest BCUT2D eigenvalue weighted by Gasteiger charge is 2.24. The van der Waals surface area contributed by atoms with Crippen molar-refractivity contribution < 1.29 is 106 Å². The number of ketones is 2. The SMILES string of the molecule is CC/C(C)=C(\CC)C(C)=O.CC/C=C(/Cc1ccccc1)C(C)C(=O)OC.CC/C=C\C(C)C(=O)CC.CCOC(=O)C(C)/C=C\C(C)C.CCOC(=O)C(C)/C=C\C(C)C.CCOC(=O)C/C(=C/C(C)[N+](=O)[O-])CC.CCOC(=O)C/C(CC)=C(/CC)CO.COC(=O)C(C)/C=C\C(C)C.COC(=O)C1=C(C)C(C)C=C1C.O=C=O.O=C=O. The average molecular weight is 1680 g/mol. The van der Waals surface area contributed by atoms with Crippen molar-refractivity contribution in [3.63, 3.8) is 0 Å². The van der Waals surface area contributed by atoms with Gasteiger partial charge in [0.25, 0.3) is 0 Å². The molecule has 0 heterocycles. The summed E-state index contributed by atoms with van der Waals surface area (Å²) in [5, 5.41) is 19.5. The van der Waals surface area contributed by atoms with E-state index in [0.29, 0.717) is 75.1 Å². The van der Waals surface area contributed by atoms with Gasteiger partial charge in [-0.2, -0.15) is 19.2 Å². The molecule has 0 saturated carbocycles. The summed E-state index contributed by atoms with van der Waals surface area (Å²) in [5.74, 6) is 0.588. The van der Waals surface area contributed by atoms with Crippen LogP contribution in [0.4, 0.5) is 0 Å². The Morgan fingerprint density at radius 3 is 1.23 bits per heavy atom. The largest absolute Gasteiger partial charge is 0.469 e. The van der Waals surface area contributed by atoms with Crippen LogP contribution in [0.15, 0.2) is 147 Å². The average Bonchev–Trinajstić information content (AvgIpc) is 1.69. The van der Waals surface area contributed by atoms with Crippen LogP contribution < -0.4 is 0 Å². The molecule has 24 heteroatoms. The number of aliphatic hydroxyl groups excluding tert-OH is 1. The van der Waals surface area contributed by atoms with Crippen LogP contribution in [0.2, 0.25) is 0 Å². The molecule has 0 aromatic heterocycles. The standard InChI is InChI=1S/C15H20O2.C11H20O3.C10H17NO4.C10H14O2.2C10H18O2.C9H16O2.2C9H16O.2CO2/c1-4-8-14(12(2)15(16)17-3)11-13-9-6-5-7-10-13;1-4-9(10(5-2)8-12)7-11(13)14-6-3;1-4-9(6-8(3)11(13)14)7-10(12)15-5-2;1-6-5-7(2)9(8(6)3)10(11)12-4;2*1-5-12-10(11)9(4)7-6-8(2)3;1-7(2)5-6-8(3)9(10)11-4;1-5-7(3)9(6-2)8(4)10;1-4-6-7-8(3)9(10)5-2;2*2-1-3/h5-10,12H,4,11H2,1-3H3;12H,4-8H2,1-3H3;6,8H,4-5,7H2,1-3H3;5-6H,1-4H3;2*6-9H,5H2,1-4H3;5-8H,1-4H3;5-6H2,1-4H3;6-8H,4-5H2,1-3H3;;/b14-8-;10-9-;9-6+;;2*7-6-;6-5-;9-7+;7-6-;;. The number of rotatable bonds is 36. The van der Waals surface area contributed by atoms with Crippen molar-refractivity contribution in [2.24, 2.45) is 53.3 Å². The minimum atomic E-state index is -0.755. The Bertz CT molecular complexity index is 3320. The first kappa shape index (κ1) is 127. The molecule has 0 aliphatic heterocycles. The van der Waals surface area contributed by atoms with Crippen LogP contribution in [0.5, 0.6) is 0 Å². The Labute approximate surface area is 715 Å². The van der Waals surface area contributed by atoms with Gasteiger partial charge in [0.2, 0.25) is 6.04 Å². The van der Waals surface area contributed by atoms with Gasteiger partial charge in [-0.25, -0.2) is 4.79 Å². The van der Waals surface area contributed by atoms with Crippen molar-refractivity contribution in [3.05, 3.63) is 163 Å². The molecule has 0 fully saturated rings. The molecular formula is C95H155NO23. The molecule has 0 radical (unpaired) electrons. The lowest BCUT2D eigenvalue weighted by Gasteiger charge is -2.14. The fraction of sp³-hybridized carbons (Fsp3) is 0.611. The number of Topliss-reactive ketones (excluding diaryl/α,β-unsaturated/α-hetero) is 2. The van der Waals surface area contributed by atoms with Crippen molar-refractivity contribution in [1.82, 2.24) is 0 Å². The number of hydrogen-bond donors (Lipinski definition) is 1. The molecule has 678 valence electrons. The quantitative estimate of drug-likeness (QED) is 0.0163. The fourth-order valence-electron chi connectivity index (χ4n) is 9.80. The van der Waals surface area contributed by atoms with Gasteiger partial charge in [0.05, 0.1) is 96.5 Å². The molecule has 0 saturated heterocycles. The Morgan fingerprint density at radius 2 is 0.933 bits per heavy atom. The topological polar surface area (TPSA) is 350 Å². The molecule has 7 atom stereocenters. The fourth-order valence-corrected chi connectivity index (χ4v) is 9.80. The summed E-state index contributed by atoms with van der Waals surface area (Å²) >= 11 is 0. The number of ether oxygens (including phenoxy) is 7. The summed E-state index contributed by atoms with van der Waals surface area (Å²) in [6, 6.07) is 9.43. The molecule has 1 aliphatic rings. The van der Waals surface area contributed by atoms with Gasteiger partial charge < -0.3 is 38.3 Å². The zero-order chi connectivity index (χ0) is 94.3. The van der Waals surface area contributed by atoms with Crippen molar-refractivity contribution in [3.8, 4) is 0 Å². The second kappa shape index (κ2) is 84.8. The molecule has 0 bridgehead atoms. The maximum atomic E-state index is 11.6. The highest BCUT2D eigenvalue weighted by atomic mass is 16.6. The molecular weight excluding hydrogens is 1520 g/mol. The predicted octanol–water partition coefficient (Wildman–Crippen LogP) is 20.4. The third-order valence-electron chi connectivity index (χ3n) is 16.9. The number of nitrogens with zero attached hydrogens (tertiary/aromatic N) is 1. The summed E-state index contributed by atoms with van der Waals surface area (Å²) in [6.07, 6.45) is 29.8. The van der Waals surface area contributed by atoms with E-state index in [-0.39, 0.29) is 107 Å². The van der Waals surface area contributed by atoms with Crippen molar-refractivity contribution in [2.75, 3.05) is 54.4 Å². The zero-order valence-electron chi connectivity index (χ0n) is 78.7. The summed E-state index contributed by atoms with van der Waals surface area (Å²) in [5.41, 5.74) is 10.2. The van der Waals surface area contributed by atoms with Crippen molar-refractivity contribution in [1.29, 1.82) is 0 Å². The number of nitro groups is 1. The first-order valence-corrected chi connectivity index (χ1v) is 41.4. The van der Waals surface area contributed by atoms with E-state index in [2.05, 4.69) is 103 Å². The molecule has 2 rings (SSSR count). The van der Waals surface area contributed by atoms with Crippen LogP contribution in [-0.4, -0.2) is 136 Å². The minimum absolute atomic E-state index is 0.0408. The number of esters is 7. The summed E-state index contributed by atoms with van der Waals surface area (Å²) in [6.45, 7) is 57.8. The maximum Gasteiger partial charge on any atom is 0.373 e. The van der Waals surface area contributed by atoms with Gasteiger partial charge in [-0.3, -0.25) is 48.5 Å². The Kier molecular flexibility index (Phi) is 90.9. The van der Waals surface area contributed by atoms with Crippen LogP contribution in [0, 0.1) is 63.4 Å². The second-order valence-electron chi connectivity index (χ2n) is 27.9. The van der Waals surface area contributed by atoms with Gasteiger partial charge in [0.1, 0.15) is 5.78 Å². The number of aliphatic hydroxyl groups is 1. The van der Waals surface area contributed by atoms with Gasteiger partial charge in [0.15, 0.2) is 5.78 Å². The second-order valence-corrected chi connectivity index (χ2v) is 27.9. The molecule has 119 heavy (non-hydrogen) atoms. The lowest BCUT2D eigenvalue weighted by atomic mass is 9.93. The van der Waals surface area contributed by atoms with E-state index in [0.717, 1.165) is 89.5 Å². The Morgan fingerprint density at radius 1 is 0.513 bits per heavy atom. The number of carbonyl (C=O) groups excluding carboxylic acids is 13. The number of benzene rings is 1. The number of allylic oxidation sites excluding steroid dienone is 10. The number of hydrogen-bond acceptors (Lipinski definition) is 23. The van der Waals surface area contributed by atoms with E-state index in [9.17, 15) is 53.3 Å². The van der Waals surface area contributed by atoms with Crippen LogP contribution in [0.1, 0.15) is 271 Å². The Hall–Kier alpha value is -9.63. The Balaban J connectivity index is -0.000000163. The zero-order valence-corrected chi connectivity index (χ0v) is 78.7. The number of carbonyl (C=O) groups is 9. The van der Waals surface area contributed by atoms with Crippen LogP contribution in [-0.2, 0) is 102 Å². The molecule has 0 amide bonds. The van der Waals surface area contributed by atoms with Gasteiger partial charge in [0, 0.05) is 24.2 Å². The van der Waals surface area contributed by atoms with Crippen molar-refractivity contribution in [2.45, 2.75) is 277 Å². The smallest absolute Gasteiger partial charge is 0.373 e. The molecule has 24 nitrogen and oxygen atoms in total. The molecule has 1 aromatic carbocycles. The third kappa shape index (κ3) is 74.4. The minimum Gasteiger partial charge on any atom is -0.469 e. The van der Waals surface area contributed by atoms with E-state index in [1.165, 1.54) is 45.5 Å². The molecule has 1 aliphatic carbocycles. The molecule has 1 N–H and O–H groups in total. The summed E-state index contributed by atoms with van der Waals surface area (Å²) in [4.78, 5) is 143. The van der Waals surface area contributed by atoms with E-state index in [1.54, 1.807) is 20.8 Å². The van der Waals surface area contributed by atoms with Gasteiger partial charge in [-0.05, 0) is 186 Å². The highest BCUT2D eigenvalue weighted by Crippen LogP contribution is 2.31. The maximum absolute atomic E-state index is 11.6. The number of methoxy groups -OCH3 is 3. The first-order chi connectivity index (χ1) is 55.9.